The lowest BCUT2D eigenvalue weighted by Gasteiger charge is -2.35. The number of benzene rings is 1. The maximum atomic E-state index is 14.4. The highest BCUT2D eigenvalue weighted by atomic mass is 16.5. The number of ether oxygens (including phenoxy) is 3. The first-order chi connectivity index (χ1) is 22.0. The molecule has 46 heavy (non-hydrogen) atoms. The molecule has 10 heteroatoms. The molecule has 1 aromatic heterocycles. The molecule has 2 aliphatic heterocycles. The molecule has 1 N–H and O–H groups in total. The summed E-state index contributed by atoms with van der Waals surface area (Å²) in [5.74, 6) is -0.626. The van der Waals surface area contributed by atoms with Crippen LogP contribution in [0.2, 0.25) is 0 Å². The van der Waals surface area contributed by atoms with Crippen LogP contribution in [0.3, 0.4) is 0 Å². The van der Waals surface area contributed by atoms with E-state index in [0.29, 0.717) is 47.7 Å². The number of aliphatic carboxylic acids is 1. The van der Waals surface area contributed by atoms with Crippen LogP contribution in [0.1, 0.15) is 91.2 Å². The Hall–Kier alpha value is -3.43. The SMILES string of the molecule is CC[C@@H]1[C@@H]2CN(C(=O)[C@H](C(C)(C)C)CC(=O)OC3[C@H]4CC[C@H](C4)[C@H]3CCCCCc3nc4ccc(OC)cc4nc3O2)[C@@H]1C(=O)O. The third kappa shape index (κ3) is 6.28. The molecule has 10 nitrogen and oxygen atoms in total. The Kier molecular flexibility index (Phi) is 9.18. The number of nitrogens with zero attached hydrogens (tertiary/aromatic N) is 3. The lowest BCUT2D eigenvalue weighted by Crippen LogP contribution is -2.49. The topological polar surface area (TPSA) is 128 Å². The van der Waals surface area contributed by atoms with Gasteiger partial charge >= 0.3 is 11.9 Å². The van der Waals surface area contributed by atoms with Crippen molar-refractivity contribution in [3.8, 4) is 11.6 Å². The van der Waals surface area contributed by atoms with Crippen molar-refractivity contribution in [2.24, 2.45) is 35.0 Å². The summed E-state index contributed by atoms with van der Waals surface area (Å²) in [6.45, 7) is 7.79. The van der Waals surface area contributed by atoms with Crippen molar-refractivity contribution in [1.82, 2.24) is 14.9 Å². The zero-order valence-electron chi connectivity index (χ0n) is 27.9. The molecule has 2 aliphatic carbocycles. The standard InChI is InChI=1S/C36H49N3O7/c1-6-23-29-19-39(31(23)35(42)43)34(41)25(36(2,3)4)18-30(40)46-32-21-13-12-20(16-21)24(32)10-8-7-9-11-27-33(45-29)38-28-17-22(44-5)14-15-26(28)37-27/h14-15,17,20-21,23-25,29,31-32H,6-13,16,18-19H2,1-5H3,(H,42,43)/t20-,21+,23-,24-,25-,29+,31+,32?/m1/s1. The second-order valence-corrected chi connectivity index (χ2v) is 15.0. The van der Waals surface area contributed by atoms with E-state index in [-0.39, 0.29) is 30.9 Å². The summed E-state index contributed by atoms with van der Waals surface area (Å²) >= 11 is 0. The van der Waals surface area contributed by atoms with Gasteiger partial charge in [0.25, 0.3) is 0 Å². The fraction of sp³-hybridized carbons (Fsp3) is 0.694. The quantitative estimate of drug-likeness (QED) is 0.414. The molecule has 4 aliphatic rings. The lowest BCUT2D eigenvalue weighted by molar-refractivity contribution is -0.162. The van der Waals surface area contributed by atoms with Crippen LogP contribution in [0.25, 0.3) is 11.0 Å². The van der Waals surface area contributed by atoms with Crippen molar-refractivity contribution in [2.45, 2.75) is 110 Å². The Morgan fingerprint density at radius 1 is 1.04 bits per heavy atom. The Morgan fingerprint density at radius 3 is 2.54 bits per heavy atom. The van der Waals surface area contributed by atoms with E-state index in [1.54, 1.807) is 7.11 Å². The van der Waals surface area contributed by atoms with Gasteiger partial charge in [-0.05, 0) is 80.2 Å². The molecule has 3 fully saturated rings. The van der Waals surface area contributed by atoms with Gasteiger partial charge in [-0.3, -0.25) is 9.59 Å². The predicted molar refractivity (Wildman–Crippen MR) is 171 cm³/mol. The largest absolute Gasteiger partial charge is 0.497 e. The number of carbonyl (C=O) groups is 3. The summed E-state index contributed by atoms with van der Waals surface area (Å²) in [6, 6.07) is 4.48. The number of aryl methyl sites for hydroxylation is 1. The van der Waals surface area contributed by atoms with Gasteiger partial charge < -0.3 is 24.2 Å². The molecule has 1 unspecified atom stereocenters. The van der Waals surface area contributed by atoms with Crippen molar-refractivity contribution in [1.29, 1.82) is 0 Å². The molecule has 2 saturated carbocycles. The molecular formula is C36H49N3O7. The van der Waals surface area contributed by atoms with Crippen molar-refractivity contribution in [2.75, 3.05) is 13.7 Å². The highest BCUT2D eigenvalue weighted by molar-refractivity contribution is 5.89. The molecule has 2 aromatic rings. The van der Waals surface area contributed by atoms with Gasteiger partial charge in [0.05, 0.1) is 37.0 Å². The maximum absolute atomic E-state index is 14.4. The van der Waals surface area contributed by atoms with E-state index in [4.69, 9.17) is 24.2 Å². The Labute approximate surface area is 271 Å². The highest BCUT2D eigenvalue weighted by Crippen LogP contribution is 2.52. The van der Waals surface area contributed by atoms with E-state index in [9.17, 15) is 19.5 Å². The van der Waals surface area contributed by atoms with Gasteiger partial charge in [0.15, 0.2) is 0 Å². The first kappa shape index (κ1) is 32.5. The van der Waals surface area contributed by atoms with Crippen molar-refractivity contribution in [3.05, 3.63) is 23.9 Å². The summed E-state index contributed by atoms with van der Waals surface area (Å²) < 4.78 is 18.3. The number of aromatic nitrogens is 2. The third-order valence-electron chi connectivity index (χ3n) is 11.2. The van der Waals surface area contributed by atoms with Crippen LogP contribution in [-0.4, -0.2) is 69.7 Å². The lowest BCUT2D eigenvalue weighted by atomic mass is 9.77. The summed E-state index contributed by atoms with van der Waals surface area (Å²) in [5.41, 5.74) is 1.51. The molecule has 1 saturated heterocycles. The fourth-order valence-electron chi connectivity index (χ4n) is 8.73. The maximum Gasteiger partial charge on any atom is 0.326 e. The summed E-state index contributed by atoms with van der Waals surface area (Å²) in [5, 5.41) is 10.5. The highest BCUT2D eigenvalue weighted by Gasteiger charge is 2.52. The number of methoxy groups -OCH3 is 1. The molecule has 0 radical (unpaired) electrons. The minimum absolute atomic E-state index is 0.0732. The number of rotatable bonds is 3. The van der Waals surface area contributed by atoms with Gasteiger partial charge in [0, 0.05) is 12.0 Å². The van der Waals surface area contributed by atoms with Gasteiger partial charge in [-0.1, -0.05) is 40.5 Å². The van der Waals surface area contributed by atoms with Crippen LogP contribution in [0.4, 0.5) is 0 Å². The van der Waals surface area contributed by atoms with E-state index in [1.165, 1.54) is 11.3 Å². The van der Waals surface area contributed by atoms with Crippen molar-refractivity contribution in [3.63, 3.8) is 0 Å². The van der Waals surface area contributed by atoms with Crippen LogP contribution < -0.4 is 9.47 Å². The summed E-state index contributed by atoms with van der Waals surface area (Å²) in [7, 11) is 1.60. The number of hydrogen-bond donors (Lipinski definition) is 1. The van der Waals surface area contributed by atoms with Crippen molar-refractivity contribution >= 4 is 28.9 Å². The number of carboxylic acid groups (broad SMARTS) is 1. The molecule has 4 bridgehead atoms. The van der Waals surface area contributed by atoms with E-state index >= 15 is 0 Å². The normalized spacial score (nSPS) is 32.2. The number of carbonyl (C=O) groups excluding carboxylic acids is 2. The molecule has 8 atom stereocenters. The van der Waals surface area contributed by atoms with Crippen LogP contribution in [0.15, 0.2) is 18.2 Å². The van der Waals surface area contributed by atoms with E-state index in [1.807, 2.05) is 45.9 Å². The first-order valence-corrected chi connectivity index (χ1v) is 17.2. The molecule has 6 rings (SSSR count). The zero-order valence-corrected chi connectivity index (χ0v) is 27.9. The number of amides is 1. The smallest absolute Gasteiger partial charge is 0.326 e. The zero-order chi connectivity index (χ0) is 32.7. The van der Waals surface area contributed by atoms with Gasteiger partial charge in [0.1, 0.15) is 29.7 Å². The molecule has 1 aromatic carbocycles. The van der Waals surface area contributed by atoms with Crippen molar-refractivity contribution < 1.29 is 33.7 Å². The summed E-state index contributed by atoms with van der Waals surface area (Å²) in [6.07, 6.45) is 7.72. The van der Waals surface area contributed by atoms with Gasteiger partial charge in [0.2, 0.25) is 11.8 Å². The predicted octanol–water partition coefficient (Wildman–Crippen LogP) is 5.83. The molecule has 0 spiro atoms. The third-order valence-corrected chi connectivity index (χ3v) is 11.2. The van der Waals surface area contributed by atoms with Crippen LogP contribution in [-0.2, 0) is 25.5 Å². The average molecular weight is 636 g/mol. The van der Waals surface area contributed by atoms with Gasteiger partial charge in [-0.15, -0.1) is 0 Å². The molecule has 1 amide bonds. The van der Waals surface area contributed by atoms with Crippen LogP contribution in [0.5, 0.6) is 11.6 Å². The van der Waals surface area contributed by atoms with Gasteiger partial charge in [-0.2, -0.15) is 0 Å². The molecule has 250 valence electrons. The Bertz CT molecular complexity index is 1470. The van der Waals surface area contributed by atoms with E-state index < -0.39 is 35.4 Å². The average Bonchev–Trinajstić information content (AvgIpc) is 3.72. The number of esters is 1. The Morgan fingerprint density at radius 2 is 1.83 bits per heavy atom. The fourth-order valence-corrected chi connectivity index (χ4v) is 8.73. The number of fused-ring (bicyclic) bond motifs is 9. The molecule has 3 heterocycles. The second kappa shape index (κ2) is 13.0. The number of carboxylic acids is 1. The van der Waals surface area contributed by atoms with E-state index in [0.717, 1.165) is 49.7 Å². The van der Waals surface area contributed by atoms with E-state index in [2.05, 4.69) is 0 Å². The molecular weight excluding hydrogens is 586 g/mol. The second-order valence-electron chi connectivity index (χ2n) is 15.0. The summed E-state index contributed by atoms with van der Waals surface area (Å²) in [4.78, 5) is 52.0. The van der Waals surface area contributed by atoms with Gasteiger partial charge in [-0.25, -0.2) is 14.8 Å². The van der Waals surface area contributed by atoms with Crippen LogP contribution >= 0.6 is 0 Å². The minimum Gasteiger partial charge on any atom is -0.497 e. The minimum atomic E-state index is -1.09. The number of hydrogen-bond acceptors (Lipinski definition) is 8. The monoisotopic (exact) mass is 635 g/mol. The Balaban J connectivity index is 1.38. The van der Waals surface area contributed by atoms with Crippen LogP contribution in [0, 0.1) is 35.0 Å². The first-order valence-electron chi connectivity index (χ1n) is 17.2.